The summed E-state index contributed by atoms with van der Waals surface area (Å²) in [7, 11) is 0. The summed E-state index contributed by atoms with van der Waals surface area (Å²) in [6.45, 7) is 18.1. The minimum atomic E-state index is 0.971. The Labute approximate surface area is 216 Å². The predicted molar refractivity (Wildman–Crippen MR) is 145 cm³/mol. The second kappa shape index (κ2) is 16.9. The van der Waals surface area contributed by atoms with E-state index in [9.17, 15) is 0 Å². The number of rotatable bonds is 3. The SMILES string of the molecule is CCc1ncc(C)nc1C.CCc1ncc(C)nc1CC.Cc1cnc(C)c(C)n1.c1cnccn1. The van der Waals surface area contributed by atoms with Crippen molar-refractivity contribution in [1.29, 1.82) is 0 Å². The molecule has 0 aliphatic heterocycles. The van der Waals surface area contributed by atoms with Gasteiger partial charge in [-0.2, -0.15) is 0 Å². The summed E-state index contributed by atoms with van der Waals surface area (Å²) in [4.78, 5) is 33.0. The van der Waals surface area contributed by atoms with Gasteiger partial charge in [-0.1, -0.05) is 20.8 Å². The third kappa shape index (κ3) is 11.6. The third-order valence-electron chi connectivity index (χ3n) is 5.02. The molecule has 4 heterocycles. The van der Waals surface area contributed by atoms with E-state index in [4.69, 9.17) is 0 Å². The van der Waals surface area contributed by atoms with E-state index in [1.54, 1.807) is 31.0 Å². The molecule has 0 spiro atoms. The average Bonchev–Trinajstić information content (AvgIpc) is 2.88. The molecule has 0 unspecified atom stereocenters. The van der Waals surface area contributed by atoms with Gasteiger partial charge >= 0.3 is 0 Å². The van der Waals surface area contributed by atoms with E-state index < -0.39 is 0 Å². The van der Waals surface area contributed by atoms with Crippen molar-refractivity contribution in [2.24, 2.45) is 0 Å². The number of hydrogen-bond acceptors (Lipinski definition) is 8. The molecule has 0 bridgehead atoms. The number of aromatic nitrogens is 8. The molecule has 8 nitrogen and oxygen atoms in total. The fourth-order valence-electron chi connectivity index (χ4n) is 3.01. The fraction of sp³-hybridized carbons (Fsp3) is 0.429. The lowest BCUT2D eigenvalue weighted by atomic mass is 10.2. The van der Waals surface area contributed by atoms with Gasteiger partial charge < -0.3 is 0 Å². The molecule has 0 radical (unpaired) electrons. The van der Waals surface area contributed by atoms with Gasteiger partial charge in [-0.3, -0.25) is 39.9 Å². The van der Waals surface area contributed by atoms with Crippen LogP contribution in [0.2, 0.25) is 0 Å². The highest BCUT2D eigenvalue weighted by Crippen LogP contribution is 2.05. The zero-order valence-electron chi connectivity index (χ0n) is 23.2. The Morgan fingerprint density at radius 3 is 1.25 bits per heavy atom. The quantitative estimate of drug-likeness (QED) is 0.375. The van der Waals surface area contributed by atoms with Crippen molar-refractivity contribution in [2.75, 3.05) is 0 Å². The Kier molecular flexibility index (Phi) is 14.2. The summed E-state index contributed by atoms with van der Waals surface area (Å²) < 4.78 is 0. The third-order valence-corrected chi connectivity index (χ3v) is 5.02. The highest BCUT2D eigenvalue weighted by Gasteiger charge is 2.00. The Morgan fingerprint density at radius 2 is 0.861 bits per heavy atom. The Morgan fingerprint density at radius 1 is 0.444 bits per heavy atom. The highest BCUT2D eigenvalue weighted by atomic mass is 14.8. The Balaban J connectivity index is 0.000000244. The molecule has 4 rings (SSSR count). The van der Waals surface area contributed by atoms with Crippen LogP contribution in [0.15, 0.2) is 43.4 Å². The second-order valence-electron chi connectivity index (χ2n) is 8.09. The van der Waals surface area contributed by atoms with E-state index in [1.165, 1.54) is 0 Å². The molecule has 0 saturated heterocycles. The normalized spacial score (nSPS) is 9.58. The molecule has 36 heavy (non-hydrogen) atoms. The van der Waals surface area contributed by atoms with Crippen LogP contribution in [0.1, 0.15) is 72.0 Å². The maximum Gasteiger partial charge on any atom is 0.0619 e. The van der Waals surface area contributed by atoms with Crippen LogP contribution < -0.4 is 0 Å². The Bertz CT molecular complexity index is 1140. The monoisotopic (exact) mass is 488 g/mol. The van der Waals surface area contributed by atoms with Crippen LogP contribution in [0.3, 0.4) is 0 Å². The van der Waals surface area contributed by atoms with Gasteiger partial charge in [0.1, 0.15) is 0 Å². The number of aryl methyl sites for hydroxylation is 9. The molecular weight excluding hydrogens is 448 g/mol. The van der Waals surface area contributed by atoms with Crippen LogP contribution in [0.25, 0.3) is 0 Å². The lowest BCUT2D eigenvalue weighted by molar-refractivity contribution is 0.885. The summed E-state index contributed by atoms with van der Waals surface area (Å²) in [5.74, 6) is 0. The molecular formula is C28H40N8. The van der Waals surface area contributed by atoms with Gasteiger partial charge in [0.15, 0.2) is 0 Å². The van der Waals surface area contributed by atoms with Crippen molar-refractivity contribution < 1.29 is 0 Å². The summed E-state index contributed by atoms with van der Waals surface area (Å²) in [6.07, 6.45) is 14.9. The van der Waals surface area contributed by atoms with Gasteiger partial charge in [-0.05, 0) is 60.8 Å². The van der Waals surface area contributed by atoms with Gasteiger partial charge in [0, 0.05) is 43.4 Å². The standard InChI is InChI=1S/C9H14N2.C8H12N2.C7H10N2.C4H4N2/c1-4-8-9(5-2)11-7(3)6-10-8;1-4-8-7(3)10-6(2)5-9-8;1-5-4-8-6(2)7(3)9-5;1-2-6-4-3-5-1/h6H,4-5H2,1-3H3;5H,4H2,1-3H3;4H,1-3H3;1-4H. The van der Waals surface area contributed by atoms with E-state index >= 15 is 0 Å². The average molecular weight is 489 g/mol. The summed E-state index contributed by atoms with van der Waals surface area (Å²) >= 11 is 0. The Hall–Kier alpha value is -3.68. The predicted octanol–water partition coefficient (Wildman–Crippen LogP) is 5.44. The van der Waals surface area contributed by atoms with Crippen molar-refractivity contribution in [3.05, 3.63) is 94.6 Å². The van der Waals surface area contributed by atoms with Crippen LogP contribution in [-0.4, -0.2) is 39.9 Å². The lowest BCUT2D eigenvalue weighted by Crippen LogP contribution is -2.00. The van der Waals surface area contributed by atoms with Crippen LogP contribution in [0.5, 0.6) is 0 Å². The topological polar surface area (TPSA) is 103 Å². The maximum atomic E-state index is 4.40. The summed E-state index contributed by atoms with van der Waals surface area (Å²) in [5.41, 5.74) is 9.47. The van der Waals surface area contributed by atoms with E-state index in [-0.39, 0.29) is 0 Å². The molecule has 0 aromatic carbocycles. The van der Waals surface area contributed by atoms with Gasteiger partial charge in [0.05, 0.1) is 51.2 Å². The first-order chi connectivity index (χ1) is 17.2. The fourth-order valence-corrected chi connectivity index (χ4v) is 3.01. The molecule has 0 aliphatic rings. The van der Waals surface area contributed by atoms with Crippen molar-refractivity contribution in [2.45, 2.75) is 81.6 Å². The molecule has 0 saturated carbocycles. The summed E-state index contributed by atoms with van der Waals surface area (Å²) in [5, 5.41) is 0. The molecule has 192 valence electrons. The minimum Gasteiger partial charge on any atom is -0.262 e. The van der Waals surface area contributed by atoms with Gasteiger partial charge in [-0.25, -0.2) is 0 Å². The van der Waals surface area contributed by atoms with Crippen LogP contribution >= 0.6 is 0 Å². The van der Waals surface area contributed by atoms with E-state index in [0.29, 0.717) is 0 Å². The molecule has 0 atom stereocenters. The first-order valence-electron chi connectivity index (χ1n) is 12.3. The first kappa shape index (κ1) is 30.4. The van der Waals surface area contributed by atoms with E-state index in [1.807, 2.05) is 53.9 Å². The lowest BCUT2D eigenvalue weighted by Gasteiger charge is -2.03. The molecule has 4 aromatic rings. The van der Waals surface area contributed by atoms with Gasteiger partial charge in [-0.15, -0.1) is 0 Å². The minimum absolute atomic E-state index is 0.971. The number of hydrogen-bond donors (Lipinski definition) is 0. The zero-order chi connectivity index (χ0) is 26.9. The molecule has 0 amide bonds. The van der Waals surface area contributed by atoms with E-state index in [2.05, 4.69) is 60.6 Å². The number of nitrogens with zero attached hydrogens (tertiary/aromatic N) is 8. The zero-order valence-corrected chi connectivity index (χ0v) is 23.2. The van der Waals surface area contributed by atoms with E-state index in [0.717, 1.165) is 70.5 Å². The second-order valence-corrected chi connectivity index (χ2v) is 8.09. The largest absolute Gasteiger partial charge is 0.262 e. The first-order valence-corrected chi connectivity index (χ1v) is 12.3. The molecule has 0 aliphatic carbocycles. The molecule has 0 fully saturated rings. The van der Waals surface area contributed by atoms with Crippen molar-refractivity contribution >= 4 is 0 Å². The smallest absolute Gasteiger partial charge is 0.0619 e. The highest BCUT2D eigenvalue weighted by molar-refractivity contribution is 5.13. The van der Waals surface area contributed by atoms with Crippen molar-refractivity contribution in [3.63, 3.8) is 0 Å². The molecule has 0 N–H and O–H groups in total. The molecule has 4 aromatic heterocycles. The summed E-state index contributed by atoms with van der Waals surface area (Å²) in [6, 6.07) is 0. The van der Waals surface area contributed by atoms with Gasteiger partial charge in [0.25, 0.3) is 0 Å². The van der Waals surface area contributed by atoms with Crippen molar-refractivity contribution in [1.82, 2.24) is 39.9 Å². The van der Waals surface area contributed by atoms with Crippen molar-refractivity contribution in [3.8, 4) is 0 Å². The van der Waals surface area contributed by atoms with Crippen LogP contribution in [-0.2, 0) is 19.3 Å². The maximum absolute atomic E-state index is 4.40. The van der Waals surface area contributed by atoms with Crippen LogP contribution in [0, 0.1) is 41.5 Å². The molecule has 8 heteroatoms. The van der Waals surface area contributed by atoms with Crippen LogP contribution in [0.4, 0.5) is 0 Å². The van der Waals surface area contributed by atoms with Gasteiger partial charge in [0.2, 0.25) is 0 Å².